The molecule has 0 radical (unpaired) electrons. The fourth-order valence-electron chi connectivity index (χ4n) is 3.55. The number of fused-ring (bicyclic) bond motifs is 1. The molecule has 2 heterocycles. The van der Waals surface area contributed by atoms with Crippen LogP contribution >= 0.6 is 11.6 Å². The molecule has 0 aliphatic heterocycles. The largest absolute Gasteiger partial charge is 0.497 e. The summed E-state index contributed by atoms with van der Waals surface area (Å²) in [7, 11) is 1.62. The third-order valence-electron chi connectivity index (χ3n) is 5.05. The van der Waals surface area contributed by atoms with Crippen molar-refractivity contribution in [2.24, 2.45) is 0 Å². The van der Waals surface area contributed by atoms with E-state index in [-0.39, 0.29) is 5.56 Å². The van der Waals surface area contributed by atoms with Gasteiger partial charge in [-0.1, -0.05) is 29.8 Å². The van der Waals surface area contributed by atoms with Crippen LogP contribution in [-0.4, -0.2) is 26.2 Å². The second-order valence-electron chi connectivity index (χ2n) is 6.90. The molecule has 0 saturated carbocycles. The number of nitrogens with zero attached hydrogens (tertiary/aromatic N) is 4. The van der Waals surface area contributed by atoms with Gasteiger partial charge < -0.3 is 4.74 Å². The number of ether oxygens (including phenoxy) is 1. The average molecular weight is 429 g/mol. The van der Waals surface area contributed by atoms with Crippen molar-refractivity contribution in [3.05, 3.63) is 101 Å². The number of methoxy groups -OCH3 is 1. The SMILES string of the molecule is COc1ccc(-n2c(-c3ccc(Cl)cc3)nc(=O)c3c2ncn3-c2ccccc2)cc1. The number of hydrogen-bond donors (Lipinski definition) is 0. The zero-order chi connectivity index (χ0) is 21.4. The number of rotatable bonds is 4. The summed E-state index contributed by atoms with van der Waals surface area (Å²) in [6, 6.07) is 24.4. The van der Waals surface area contributed by atoms with Crippen LogP contribution in [0.25, 0.3) is 33.9 Å². The van der Waals surface area contributed by atoms with E-state index in [4.69, 9.17) is 16.3 Å². The lowest BCUT2D eigenvalue weighted by Gasteiger charge is -2.15. The normalized spacial score (nSPS) is 11.0. The molecule has 0 fully saturated rings. The number of hydrogen-bond acceptors (Lipinski definition) is 4. The van der Waals surface area contributed by atoms with E-state index in [1.807, 2.05) is 71.3 Å². The lowest BCUT2D eigenvalue weighted by atomic mass is 10.2. The van der Waals surface area contributed by atoms with Crippen LogP contribution in [0.4, 0.5) is 0 Å². The van der Waals surface area contributed by atoms with Gasteiger partial charge in [-0.05, 0) is 60.7 Å². The van der Waals surface area contributed by atoms with E-state index in [9.17, 15) is 4.79 Å². The van der Waals surface area contributed by atoms with Crippen molar-refractivity contribution in [1.29, 1.82) is 0 Å². The van der Waals surface area contributed by atoms with Gasteiger partial charge in [-0.2, -0.15) is 4.98 Å². The number of aromatic nitrogens is 4. The molecule has 0 amide bonds. The summed E-state index contributed by atoms with van der Waals surface area (Å²) in [5.41, 5.74) is 2.96. The Labute approximate surface area is 183 Å². The average Bonchev–Trinajstić information content (AvgIpc) is 3.26. The second kappa shape index (κ2) is 7.74. The van der Waals surface area contributed by atoms with Crippen LogP contribution in [0.1, 0.15) is 0 Å². The van der Waals surface area contributed by atoms with E-state index < -0.39 is 0 Å². The Morgan fingerprint density at radius 3 is 2.26 bits per heavy atom. The van der Waals surface area contributed by atoms with Crippen LogP contribution < -0.4 is 10.3 Å². The maximum absolute atomic E-state index is 13.1. The molecule has 0 spiro atoms. The van der Waals surface area contributed by atoms with Gasteiger partial charge in [-0.3, -0.25) is 13.9 Å². The molecule has 0 atom stereocenters. The van der Waals surface area contributed by atoms with E-state index in [0.29, 0.717) is 22.0 Å². The summed E-state index contributed by atoms with van der Waals surface area (Å²) in [5.74, 6) is 1.22. The third-order valence-corrected chi connectivity index (χ3v) is 5.30. The molecule has 0 saturated heterocycles. The molecular weight excluding hydrogens is 412 g/mol. The Balaban J connectivity index is 1.84. The van der Waals surface area contributed by atoms with Crippen molar-refractivity contribution in [2.45, 2.75) is 0 Å². The lowest BCUT2D eigenvalue weighted by Crippen LogP contribution is -2.17. The maximum Gasteiger partial charge on any atom is 0.299 e. The molecule has 0 aliphatic rings. The summed E-state index contributed by atoms with van der Waals surface area (Å²) < 4.78 is 8.93. The Kier molecular flexibility index (Phi) is 4.76. The van der Waals surface area contributed by atoms with Crippen LogP contribution in [0.3, 0.4) is 0 Å². The van der Waals surface area contributed by atoms with Crippen molar-refractivity contribution in [1.82, 2.24) is 19.1 Å². The van der Waals surface area contributed by atoms with E-state index in [0.717, 1.165) is 22.7 Å². The van der Waals surface area contributed by atoms with Crippen molar-refractivity contribution in [3.63, 3.8) is 0 Å². The van der Waals surface area contributed by atoms with E-state index in [1.165, 1.54) is 0 Å². The molecular formula is C24H17ClN4O2. The zero-order valence-corrected chi connectivity index (χ0v) is 17.3. The second-order valence-corrected chi connectivity index (χ2v) is 7.34. The van der Waals surface area contributed by atoms with Gasteiger partial charge in [0.25, 0.3) is 5.56 Å². The van der Waals surface area contributed by atoms with E-state index in [2.05, 4.69) is 9.97 Å². The summed E-state index contributed by atoms with van der Waals surface area (Å²) >= 11 is 6.07. The highest BCUT2D eigenvalue weighted by molar-refractivity contribution is 6.30. The third kappa shape index (κ3) is 3.37. The number of benzene rings is 3. The molecule has 0 aliphatic carbocycles. The smallest absolute Gasteiger partial charge is 0.299 e. The van der Waals surface area contributed by atoms with Crippen LogP contribution in [0.5, 0.6) is 5.75 Å². The molecule has 7 heteroatoms. The summed E-state index contributed by atoms with van der Waals surface area (Å²) in [5, 5.41) is 0.608. The minimum Gasteiger partial charge on any atom is -0.497 e. The Bertz CT molecular complexity index is 1420. The van der Waals surface area contributed by atoms with Crippen molar-refractivity contribution in [2.75, 3.05) is 7.11 Å². The van der Waals surface area contributed by atoms with Gasteiger partial charge in [-0.25, -0.2) is 4.98 Å². The van der Waals surface area contributed by atoms with Gasteiger partial charge in [0.15, 0.2) is 11.2 Å². The predicted molar refractivity (Wildman–Crippen MR) is 121 cm³/mol. The zero-order valence-electron chi connectivity index (χ0n) is 16.6. The van der Waals surface area contributed by atoms with E-state index >= 15 is 0 Å². The monoisotopic (exact) mass is 428 g/mol. The maximum atomic E-state index is 13.1. The first-order valence-electron chi connectivity index (χ1n) is 9.61. The first kappa shape index (κ1) is 19.1. The Morgan fingerprint density at radius 1 is 0.871 bits per heavy atom. The Hall–Kier alpha value is -3.90. The lowest BCUT2D eigenvalue weighted by molar-refractivity contribution is 0.415. The molecule has 3 aromatic carbocycles. The standard InChI is InChI=1S/C24H17ClN4O2/c1-31-20-13-11-19(12-14-20)29-22(16-7-9-17(25)10-8-16)27-24(30)21-23(29)26-15-28(21)18-5-3-2-4-6-18/h2-15H,1H3. The first-order chi connectivity index (χ1) is 15.2. The quantitative estimate of drug-likeness (QED) is 0.408. The first-order valence-corrected chi connectivity index (χ1v) is 9.99. The van der Waals surface area contributed by atoms with Gasteiger partial charge in [0, 0.05) is 22.0 Å². The molecule has 6 nitrogen and oxygen atoms in total. The van der Waals surface area contributed by atoms with Gasteiger partial charge in [0.2, 0.25) is 0 Å². The molecule has 0 bridgehead atoms. The fourth-order valence-corrected chi connectivity index (χ4v) is 3.68. The highest BCUT2D eigenvalue weighted by atomic mass is 35.5. The van der Waals surface area contributed by atoms with Crippen LogP contribution in [0, 0.1) is 0 Å². The number of halogens is 1. The summed E-state index contributed by atoms with van der Waals surface area (Å²) in [6.45, 7) is 0. The number of para-hydroxylation sites is 1. The summed E-state index contributed by atoms with van der Waals surface area (Å²) in [6.07, 6.45) is 1.65. The molecule has 5 aromatic rings. The minimum absolute atomic E-state index is 0.355. The van der Waals surface area contributed by atoms with Gasteiger partial charge >= 0.3 is 0 Å². The van der Waals surface area contributed by atoms with Crippen molar-refractivity contribution < 1.29 is 4.74 Å². The van der Waals surface area contributed by atoms with Gasteiger partial charge in [0.1, 0.15) is 17.9 Å². The predicted octanol–water partition coefficient (Wildman–Crippen LogP) is 4.90. The minimum atomic E-state index is -0.355. The van der Waals surface area contributed by atoms with Crippen molar-refractivity contribution >= 4 is 22.8 Å². The molecule has 0 N–H and O–H groups in total. The van der Waals surface area contributed by atoms with E-state index in [1.54, 1.807) is 30.1 Å². The molecule has 152 valence electrons. The molecule has 5 rings (SSSR count). The van der Waals surface area contributed by atoms with Gasteiger partial charge in [0.05, 0.1) is 7.11 Å². The highest BCUT2D eigenvalue weighted by Gasteiger charge is 2.19. The topological polar surface area (TPSA) is 61.9 Å². The van der Waals surface area contributed by atoms with Gasteiger partial charge in [-0.15, -0.1) is 0 Å². The Morgan fingerprint density at radius 2 is 1.58 bits per heavy atom. The van der Waals surface area contributed by atoms with Crippen LogP contribution in [-0.2, 0) is 0 Å². The molecule has 0 unspecified atom stereocenters. The highest BCUT2D eigenvalue weighted by Crippen LogP contribution is 2.27. The van der Waals surface area contributed by atoms with Crippen molar-refractivity contribution in [3.8, 4) is 28.5 Å². The number of imidazole rings is 1. The summed E-state index contributed by atoms with van der Waals surface area (Å²) in [4.78, 5) is 22.2. The molecule has 31 heavy (non-hydrogen) atoms. The van der Waals surface area contributed by atoms with Crippen LogP contribution in [0.2, 0.25) is 5.02 Å². The fraction of sp³-hybridized carbons (Fsp3) is 0.0417. The van der Waals surface area contributed by atoms with Crippen LogP contribution in [0.15, 0.2) is 90.0 Å². The molecule has 2 aromatic heterocycles.